The molecule has 0 aliphatic rings. The lowest BCUT2D eigenvalue weighted by Crippen LogP contribution is -2.31. The smallest absolute Gasteiger partial charge is 0.242 e. The molecule has 7 heteroatoms. The van der Waals surface area contributed by atoms with E-state index in [0.717, 1.165) is 11.3 Å². The average molecular weight is 419 g/mol. The van der Waals surface area contributed by atoms with Gasteiger partial charge in [-0.1, -0.05) is 50.2 Å². The number of para-hydroxylation sites is 1. The van der Waals surface area contributed by atoms with Gasteiger partial charge in [0, 0.05) is 20.0 Å². The van der Waals surface area contributed by atoms with Crippen molar-refractivity contribution in [1.29, 1.82) is 0 Å². The van der Waals surface area contributed by atoms with E-state index in [4.69, 9.17) is 4.74 Å². The van der Waals surface area contributed by atoms with Crippen molar-refractivity contribution < 1.29 is 17.9 Å². The van der Waals surface area contributed by atoms with Gasteiger partial charge in [-0.15, -0.1) is 0 Å². The van der Waals surface area contributed by atoms with Gasteiger partial charge in [0.05, 0.1) is 11.4 Å². The molecule has 29 heavy (non-hydrogen) atoms. The Morgan fingerprint density at radius 1 is 1.07 bits per heavy atom. The summed E-state index contributed by atoms with van der Waals surface area (Å²) in [4.78, 5) is 12.3. The van der Waals surface area contributed by atoms with Crippen LogP contribution in [-0.2, 0) is 14.8 Å². The molecular weight excluding hydrogens is 388 g/mol. The number of hydrogen-bond acceptors (Lipinski definition) is 4. The molecule has 2 aromatic carbocycles. The van der Waals surface area contributed by atoms with Crippen molar-refractivity contribution in [2.45, 2.75) is 37.5 Å². The maximum Gasteiger partial charge on any atom is 0.242 e. The summed E-state index contributed by atoms with van der Waals surface area (Å²) in [6.45, 7) is 5.29. The number of hydrogen-bond donors (Lipinski definition) is 1. The molecule has 0 aliphatic heterocycles. The SMILES string of the molecule is CC(C)c1ccccc1OCCNC(=O)CCCN(C)S(=O)(=O)c1ccccc1. The number of rotatable bonds is 11. The highest BCUT2D eigenvalue weighted by atomic mass is 32.2. The highest BCUT2D eigenvalue weighted by molar-refractivity contribution is 7.89. The topological polar surface area (TPSA) is 75.7 Å². The summed E-state index contributed by atoms with van der Waals surface area (Å²) in [7, 11) is -1.99. The molecule has 0 radical (unpaired) electrons. The van der Waals surface area contributed by atoms with E-state index in [0.29, 0.717) is 25.5 Å². The van der Waals surface area contributed by atoms with Crippen LogP contribution in [-0.4, -0.2) is 45.4 Å². The number of carbonyl (C=O) groups is 1. The monoisotopic (exact) mass is 418 g/mol. The molecule has 0 aromatic heterocycles. The lowest BCUT2D eigenvalue weighted by Gasteiger charge is -2.17. The van der Waals surface area contributed by atoms with Crippen LogP contribution in [0.3, 0.4) is 0 Å². The minimum Gasteiger partial charge on any atom is -0.491 e. The van der Waals surface area contributed by atoms with E-state index in [2.05, 4.69) is 19.2 Å². The number of nitrogens with zero attached hydrogens (tertiary/aromatic N) is 1. The van der Waals surface area contributed by atoms with Crippen molar-refractivity contribution in [2.75, 3.05) is 26.7 Å². The zero-order valence-corrected chi connectivity index (χ0v) is 18.1. The van der Waals surface area contributed by atoms with E-state index >= 15 is 0 Å². The lowest BCUT2D eigenvalue weighted by molar-refractivity contribution is -0.121. The Kier molecular flexibility index (Phi) is 8.67. The van der Waals surface area contributed by atoms with E-state index in [1.165, 1.54) is 11.4 Å². The zero-order chi connectivity index (χ0) is 21.3. The van der Waals surface area contributed by atoms with Crippen LogP contribution in [0.25, 0.3) is 0 Å². The van der Waals surface area contributed by atoms with Gasteiger partial charge in [-0.25, -0.2) is 12.7 Å². The third-order valence-corrected chi connectivity index (χ3v) is 6.42. The summed E-state index contributed by atoms with van der Waals surface area (Å²) in [5.74, 6) is 1.09. The van der Waals surface area contributed by atoms with Crippen molar-refractivity contribution in [3.8, 4) is 5.75 Å². The highest BCUT2D eigenvalue weighted by Gasteiger charge is 2.20. The van der Waals surface area contributed by atoms with Crippen LogP contribution in [0.4, 0.5) is 0 Å². The van der Waals surface area contributed by atoms with E-state index in [1.807, 2.05) is 24.3 Å². The third kappa shape index (κ3) is 6.87. The van der Waals surface area contributed by atoms with Crippen molar-refractivity contribution in [2.24, 2.45) is 0 Å². The molecule has 0 heterocycles. The molecule has 2 rings (SSSR count). The van der Waals surface area contributed by atoms with Crippen molar-refractivity contribution >= 4 is 15.9 Å². The van der Waals surface area contributed by atoms with Gasteiger partial charge >= 0.3 is 0 Å². The third-order valence-electron chi connectivity index (χ3n) is 4.55. The van der Waals surface area contributed by atoms with E-state index in [9.17, 15) is 13.2 Å². The van der Waals surface area contributed by atoms with Crippen molar-refractivity contribution in [1.82, 2.24) is 9.62 Å². The Bertz CT molecular complexity index is 883. The first kappa shape index (κ1) is 22.9. The molecule has 0 bridgehead atoms. The minimum atomic E-state index is -3.52. The molecular formula is C22H30N2O4S. The van der Waals surface area contributed by atoms with Crippen LogP contribution >= 0.6 is 0 Å². The molecule has 2 aromatic rings. The van der Waals surface area contributed by atoms with Gasteiger partial charge in [-0.2, -0.15) is 0 Å². The number of carbonyl (C=O) groups excluding carboxylic acids is 1. The zero-order valence-electron chi connectivity index (χ0n) is 17.3. The average Bonchev–Trinajstić information content (AvgIpc) is 2.72. The summed E-state index contributed by atoms with van der Waals surface area (Å²) in [6, 6.07) is 16.2. The Balaban J connectivity index is 1.69. The number of nitrogens with one attached hydrogen (secondary N) is 1. The molecule has 0 fully saturated rings. The lowest BCUT2D eigenvalue weighted by atomic mass is 10.0. The van der Waals surface area contributed by atoms with E-state index in [1.54, 1.807) is 30.3 Å². The Labute approximate surface area is 173 Å². The first-order valence-corrected chi connectivity index (χ1v) is 11.3. The second-order valence-corrected chi connectivity index (χ2v) is 9.18. The second kappa shape index (κ2) is 11.0. The summed E-state index contributed by atoms with van der Waals surface area (Å²) in [5.41, 5.74) is 1.14. The Morgan fingerprint density at radius 2 is 1.72 bits per heavy atom. The number of benzene rings is 2. The molecule has 6 nitrogen and oxygen atoms in total. The van der Waals surface area contributed by atoms with Gasteiger partial charge in [-0.05, 0) is 36.1 Å². The molecule has 0 aliphatic carbocycles. The van der Waals surface area contributed by atoms with Crippen LogP contribution < -0.4 is 10.1 Å². The fourth-order valence-electron chi connectivity index (χ4n) is 2.88. The first-order valence-electron chi connectivity index (χ1n) is 9.82. The molecule has 0 saturated carbocycles. The van der Waals surface area contributed by atoms with Gasteiger partial charge < -0.3 is 10.1 Å². The van der Waals surface area contributed by atoms with Crippen LogP contribution in [0.5, 0.6) is 5.75 Å². The number of ether oxygens (including phenoxy) is 1. The maximum absolute atomic E-state index is 12.4. The van der Waals surface area contributed by atoms with E-state index < -0.39 is 10.0 Å². The van der Waals surface area contributed by atoms with Crippen LogP contribution in [0.1, 0.15) is 38.2 Å². The summed E-state index contributed by atoms with van der Waals surface area (Å²) >= 11 is 0. The van der Waals surface area contributed by atoms with Gasteiger partial charge in [-0.3, -0.25) is 4.79 Å². The Morgan fingerprint density at radius 3 is 2.41 bits per heavy atom. The van der Waals surface area contributed by atoms with E-state index in [-0.39, 0.29) is 23.8 Å². The fourth-order valence-corrected chi connectivity index (χ4v) is 4.11. The normalized spacial score (nSPS) is 11.6. The van der Waals surface area contributed by atoms with Crippen molar-refractivity contribution in [3.05, 3.63) is 60.2 Å². The molecule has 0 spiro atoms. The van der Waals surface area contributed by atoms with Crippen molar-refractivity contribution in [3.63, 3.8) is 0 Å². The second-order valence-electron chi connectivity index (χ2n) is 7.13. The van der Waals surface area contributed by atoms with Gasteiger partial charge in [0.15, 0.2) is 0 Å². The maximum atomic E-state index is 12.4. The van der Waals surface area contributed by atoms with Gasteiger partial charge in [0.1, 0.15) is 12.4 Å². The van der Waals surface area contributed by atoms with Crippen LogP contribution in [0.2, 0.25) is 0 Å². The molecule has 0 saturated heterocycles. The summed E-state index contributed by atoms with van der Waals surface area (Å²) in [5, 5.41) is 2.81. The molecule has 0 atom stereocenters. The molecule has 0 unspecified atom stereocenters. The number of amides is 1. The fraction of sp³-hybridized carbons (Fsp3) is 0.409. The molecule has 1 amide bonds. The predicted molar refractivity (Wildman–Crippen MR) is 115 cm³/mol. The molecule has 158 valence electrons. The Hall–Kier alpha value is -2.38. The molecule has 1 N–H and O–H groups in total. The quantitative estimate of drug-likeness (QED) is 0.568. The summed E-state index contributed by atoms with van der Waals surface area (Å²) in [6.07, 6.45) is 0.711. The first-order chi connectivity index (χ1) is 13.8. The number of sulfonamides is 1. The van der Waals surface area contributed by atoms with Gasteiger partial charge in [0.25, 0.3) is 0 Å². The standard InChI is InChI=1S/C22H30N2O4S/c1-18(2)20-12-7-8-13-21(20)28-17-15-23-22(25)14-9-16-24(3)29(26,27)19-10-5-4-6-11-19/h4-8,10-13,18H,9,14-17H2,1-3H3,(H,23,25). The van der Waals surface area contributed by atoms with Gasteiger partial charge in [0.2, 0.25) is 15.9 Å². The predicted octanol–water partition coefficient (Wildman–Crippen LogP) is 3.41. The largest absolute Gasteiger partial charge is 0.491 e. The minimum absolute atomic E-state index is 0.115. The highest BCUT2D eigenvalue weighted by Crippen LogP contribution is 2.25. The van der Waals surface area contributed by atoms with Crippen LogP contribution in [0.15, 0.2) is 59.5 Å². The van der Waals surface area contributed by atoms with Crippen LogP contribution in [0, 0.1) is 0 Å². The summed E-state index contributed by atoms with van der Waals surface area (Å²) < 4.78 is 31.9.